The average Bonchev–Trinajstić information content (AvgIpc) is 2.89. The van der Waals surface area contributed by atoms with E-state index >= 15 is 0 Å². The van der Waals surface area contributed by atoms with Crippen LogP contribution < -0.4 is 0 Å². The van der Waals surface area contributed by atoms with Gasteiger partial charge < -0.3 is 4.43 Å². The van der Waals surface area contributed by atoms with Crippen LogP contribution in [0.3, 0.4) is 0 Å². The molecule has 1 rings (SSSR count). The summed E-state index contributed by atoms with van der Waals surface area (Å²) >= 11 is 1.69. The van der Waals surface area contributed by atoms with Gasteiger partial charge in [-0.2, -0.15) is 0 Å². The van der Waals surface area contributed by atoms with E-state index in [1.165, 1.54) is 23.7 Å². The van der Waals surface area contributed by atoms with Gasteiger partial charge in [-0.3, -0.25) is 0 Å². The molecule has 0 N–H and O–H groups in total. The molecule has 0 aliphatic rings. The molecule has 0 spiro atoms. The van der Waals surface area contributed by atoms with Crippen LogP contribution in [0.5, 0.6) is 0 Å². The molecule has 0 unspecified atom stereocenters. The first kappa shape index (κ1) is 18.3. The predicted molar refractivity (Wildman–Crippen MR) is 97.4 cm³/mol. The summed E-state index contributed by atoms with van der Waals surface area (Å²) in [5.74, 6) is 0. The molecule has 0 aromatic carbocycles. The van der Waals surface area contributed by atoms with Gasteiger partial charge in [-0.25, -0.2) is 4.98 Å². The normalized spacial score (nSPS) is 14.2. The zero-order valence-electron chi connectivity index (χ0n) is 14.1. The average molecular weight is 324 g/mol. The molecule has 0 aliphatic heterocycles. The molecule has 1 heterocycles. The maximum atomic E-state index is 6.64. The minimum absolute atomic E-state index is 0.149. The summed E-state index contributed by atoms with van der Waals surface area (Å²) in [5, 5.41) is 3.21. The fraction of sp³-hybridized carbons (Fsp3) is 0.588. The molecule has 1 atom stereocenters. The third kappa shape index (κ3) is 5.20. The zero-order valence-corrected chi connectivity index (χ0v) is 15.9. The van der Waals surface area contributed by atoms with Crippen LogP contribution in [0.25, 0.3) is 6.08 Å². The molecule has 21 heavy (non-hydrogen) atoms. The van der Waals surface area contributed by atoms with Gasteiger partial charge in [-0.15, -0.1) is 17.9 Å². The summed E-state index contributed by atoms with van der Waals surface area (Å²) in [6.07, 6.45) is 5.16. The first-order chi connectivity index (χ1) is 10.00. The van der Waals surface area contributed by atoms with Crippen molar-refractivity contribution in [3.63, 3.8) is 0 Å². The van der Waals surface area contributed by atoms with Crippen LogP contribution in [0, 0.1) is 6.92 Å². The van der Waals surface area contributed by atoms with Crippen molar-refractivity contribution in [2.75, 3.05) is 0 Å². The van der Waals surface area contributed by atoms with Crippen molar-refractivity contribution in [3.8, 4) is 0 Å². The topological polar surface area (TPSA) is 22.1 Å². The minimum Gasteiger partial charge on any atom is -0.410 e. The third-order valence-electron chi connectivity index (χ3n) is 4.23. The van der Waals surface area contributed by atoms with E-state index in [9.17, 15) is 0 Å². The van der Waals surface area contributed by atoms with Crippen LogP contribution in [0.2, 0.25) is 18.1 Å². The van der Waals surface area contributed by atoms with E-state index in [1.807, 2.05) is 13.0 Å². The lowest BCUT2D eigenvalue weighted by molar-refractivity contribution is 0.225. The second-order valence-electron chi connectivity index (χ2n) is 5.55. The first-order valence-electron chi connectivity index (χ1n) is 7.89. The second-order valence-corrected chi connectivity index (χ2v) is 11.3. The van der Waals surface area contributed by atoms with Gasteiger partial charge in [0.2, 0.25) is 0 Å². The molecule has 0 amide bonds. The smallest absolute Gasteiger partial charge is 0.192 e. The molecule has 4 heteroatoms. The second kappa shape index (κ2) is 8.66. The van der Waals surface area contributed by atoms with Crippen molar-refractivity contribution in [1.29, 1.82) is 0 Å². The van der Waals surface area contributed by atoms with Crippen LogP contribution in [0.15, 0.2) is 23.6 Å². The van der Waals surface area contributed by atoms with E-state index in [1.54, 1.807) is 11.3 Å². The lowest BCUT2D eigenvalue weighted by Crippen LogP contribution is -2.40. The van der Waals surface area contributed by atoms with Gasteiger partial charge in [0.1, 0.15) is 0 Å². The van der Waals surface area contributed by atoms with Gasteiger partial charge in [0.05, 0.1) is 16.8 Å². The predicted octanol–water partition coefficient (Wildman–Crippen LogP) is 5.82. The number of hydrogen-bond donors (Lipinski definition) is 0. The summed E-state index contributed by atoms with van der Waals surface area (Å²) in [6, 6.07) is 3.53. The monoisotopic (exact) mass is 323 g/mol. The van der Waals surface area contributed by atoms with Crippen molar-refractivity contribution in [2.45, 2.75) is 65.3 Å². The number of hydrogen-bond acceptors (Lipinski definition) is 3. The van der Waals surface area contributed by atoms with Crippen LogP contribution in [-0.4, -0.2) is 19.4 Å². The molecule has 0 radical (unpaired) electrons. The number of thiazole rings is 1. The van der Waals surface area contributed by atoms with E-state index < -0.39 is 8.32 Å². The summed E-state index contributed by atoms with van der Waals surface area (Å²) in [7, 11) is -1.60. The van der Waals surface area contributed by atoms with Crippen LogP contribution in [0.1, 0.15) is 44.8 Å². The molecule has 1 aromatic heterocycles. The van der Waals surface area contributed by atoms with Gasteiger partial charge in [-0.1, -0.05) is 26.8 Å². The lowest BCUT2D eigenvalue weighted by atomic mass is 10.1. The Morgan fingerprint density at radius 2 is 2.00 bits per heavy atom. The summed E-state index contributed by atoms with van der Waals surface area (Å²) in [6.45, 7) is 14.9. The summed E-state index contributed by atoms with van der Waals surface area (Å²) in [4.78, 5) is 4.52. The van der Waals surface area contributed by atoms with E-state index in [4.69, 9.17) is 4.43 Å². The highest BCUT2D eigenvalue weighted by Gasteiger charge is 2.32. The minimum atomic E-state index is -1.60. The maximum Gasteiger partial charge on any atom is 0.192 e. The molecule has 0 fully saturated rings. The van der Waals surface area contributed by atoms with Crippen molar-refractivity contribution in [3.05, 3.63) is 34.3 Å². The Morgan fingerprint density at radius 3 is 2.43 bits per heavy atom. The highest BCUT2D eigenvalue weighted by atomic mass is 32.1. The van der Waals surface area contributed by atoms with Gasteiger partial charge in [-0.05, 0) is 50.0 Å². The van der Waals surface area contributed by atoms with Crippen LogP contribution >= 0.6 is 11.3 Å². The number of rotatable bonds is 9. The highest BCUT2D eigenvalue weighted by molar-refractivity contribution is 7.09. The van der Waals surface area contributed by atoms with Gasteiger partial charge in [0.15, 0.2) is 8.32 Å². The standard InChI is InChI=1S/C17H29NOSSi/c1-7-11-17(19-21(8-2,9-3)10-4)14(5)12-16-13-20-15(6)18-16/h7,12-13,17H,1,8-11H2,2-6H3/b14-12+/t17-/m1/s1. The third-order valence-corrected chi connectivity index (χ3v) is 9.67. The molecule has 2 nitrogen and oxygen atoms in total. The Kier molecular flexibility index (Phi) is 7.56. The molecule has 0 saturated heterocycles. The lowest BCUT2D eigenvalue weighted by Gasteiger charge is -2.33. The Labute approximate surface area is 135 Å². The van der Waals surface area contributed by atoms with Gasteiger partial charge in [0, 0.05) is 5.38 Å². The zero-order chi connectivity index (χ0) is 15.9. The number of aryl methyl sites for hydroxylation is 1. The Hall–Kier alpha value is -0.713. The van der Waals surface area contributed by atoms with Crippen LogP contribution in [-0.2, 0) is 4.43 Å². The SMILES string of the molecule is C=CC[C@@H](O[Si](CC)(CC)CC)/C(C)=C/c1csc(C)n1. The van der Waals surface area contributed by atoms with E-state index in [0.717, 1.165) is 17.1 Å². The van der Waals surface area contributed by atoms with Crippen molar-refractivity contribution >= 4 is 25.7 Å². The van der Waals surface area contributed by atoms with Crippen LogP contribution in [0.4, 0.5) is 0 Å². The van der Waals surface area contributed by atoms with Gasteiger partial charge >= 0.3 is 0 Å². The Bertz CT molecular complexity index is 469. The molecule has 1 aromatic rings. The van der Waals surface area contributed by atoms with Crippen molar-refractivity contribution in [2.24, 2.45) is 0 Å². The molecular formula is C17H29NOSSi. The maximum absolute atomic E-state index is 6.64. The van der Waals surface area contributed by atoms with E-state index in [-0.39, 0.29) is 6.10 Å². The molecule has 0 aliphatic carbocycles. The quantitative estimate of drug-likeness (QED) is 0.422. The number of nitrogens with zero attached hydrogens (tertiary/aromatic N) is 1. The fourth-order valence-electron chi connectivity index (χ4n) is 2.55. The molecule has 0 bridgehead atoms. The van der Waals surface area contributed by atoms with E-state index in [0.29, 0.717) is 0 Å². The summed E-state index contributed by atoms with van der Waals surface area (Å²) in [5.41, 5.74) is 2.30. The van der Waals surface area contributed by atoms with Crippen molar-refractivity contribution < 1.29 is 4.43 Å². The molecule has 118 valence electrons. The Balaban J connectivity index is 2.94. The highest BCUT2D eigenvalue weighted by Crippen LogP contribution is 2.28. The molecule has 0 saturated carbocycles. The van der Waals surface area contributed by atoms with E-state index in [2.05, 4.69) is 50.7 Å². The first-order valence-corrected chi connectivity index (χ1v) is 11.3. The Morgan fingerprint density at radius 1 is 1.38 bits per heavy atom. The fourth-order valence-corrected chi connectivity index (χ4v) is 6.01. The largest absolute Gasteiger partial charge is 0.410 e. The van der Waals surface area contributed by atoms with Crippen molar-refractivity contribution in [1.82, 2.24) is 4.98 Å². The molecular weight excluding hydrogens is 294 g/mol. The number of aromatic nitrogens is 1. The summed E-state index contributed by atoms with van der Waals surface area (Å²) < 4.78 is 6.64. The van der Waals surface area contributed by atoms with Gasteiger partial charge in [0.25, 0.3) is 0 Å².